The number of fused-ring (bicyclic) bond motifs is 2. The lowest BCUT2D eigenvalue weighted by Gasteiger charge is -2.54. The maximum Gasteiger partial charge on any atom is 0.336 e. The van der Waals surface area contributed by atoms with Crippen molar-refractivity contribution in [1.82, 2.24) is 0 Å². The van der Waals surface area contributed by atoms with Gasteiger partial charge in [0.05, 0.1) is 17.3 Å². The Morgan fingerprint density at radius 2 is 2.10 bits per heavy atom. The molecule has 0 aromatic rings. The van der Waals surface area contributed by atoms with Gasteiger partial charge in [-0.3, -0.25) is 0 Å². The summed E-state index contributed by atoms with van der Waals surface area (Å²) in [4.78, 5) is 24.9. The zero-order valence-corrected chi connectivity index (χ0v) is 17.9. The second kappa shape index (κ2) is 6.73. The van der Waals surface area contributed by atoms with Crippen LogP contribution in [-0.4, -0.2) is 36.5 Å². The molecule has 2 saturated carbocycles. The summed E-state index contributed by atoms with van der Waals surface area (Å²) in [7, 11) is 0. The van der Waals surface area contributed by atoms with Crippen molar-refractivity contribution in [3.8, 4) is 0 Å². The molecule has 0 N–H and O–H groups in total. The van der Waals surface area contributed by atoms with Gasteiger partial charge >= 0.3 is 11.9 Å². The summed E-state index contributed by atoms with van der Waals surface area (Å²) < 4.78 is 24.0. The molecule has 4 aliphatic rings. The zero-order chi connectivity index (χ0) is 21.1. The van der Waals surface area contributed by atoms with Crippen LogP contribution in [0.2, 0.25) is 0 Å². The van der Waals surface area contributed by atoms with E-state index in [-0.39, 0.29) is 41.4 Å². The lowest BCUT2D eigenvalue weighted by atomic mass is 9.52. The van der Waals surface area contributed by atoms with Crippen molar-refractivity contribution in [2.24, 2.45) is 17.3 Å². The van der Waals surface area contributed by atoms with E-state index in [1.165, 1.54) is 0 Å². The number of allylic oxidation sites excluding steroid dienone is 1. The molecule has 1 saturated heterocycles. The van der Waals surface area contributed by atoms with Gasteiger partial charge in [0.15, 0.2) is 0 Å². The first-order valence-corrected chi connectivity index (χ1v) is 10.5. The molecular weight excluding hydrogens is 372 g/mol. The van der Waals surface area contributed by atoms with Gasteiger partial charge in [-0.2, -0.15) is 0 Å². The Kier molecular flexibility index (Phi) is 4.69. The third-order valence-corrected chi connectivity index (χ3v) is 7.45. The van der Waals surface area contributed by atoms with E-state index in [2.05, 4.69) is 13.5 Å². The Hall–Kier alpha value is -2.08. The van der Waals surface area contributed by atoms with Crippen LogP contribution in [0.3, 0.4) is 0 Å². The van der Waals surface area contributed by atoms with Crippen molar-refractivity contribution in [1.29, 1.82) is 0 Å². The minimum absolute atomic E-state index is 0.129. The van der Waals surface area contributed by atoms with E-state index in [4.69, 9.17) is 18.9 Å². The fourth-order valence-corrected chi connectivity index (χ4v) is 5.90. The summed E-state index contributed by atoms with van der Waals surface area (Å²) in [5.41, 5.74) is 1.59. The number of carbonyl (C=O) groups excluding carboxylic acids is 2. The van der Waals surface area contributed by atoms with Crippen LogP contribution in [-0.2, 0) is 28.5 Å². The highest BCUT2D eigenvalue weighted by Gasteiger charge is 2.71. The number of ether oxygens (including phenoxy) is 4. The SMILES string of the molecule is C=C1O[C@H]2C3=C(C)C(=O)O[C@@]3(OCC)C[C@H]3CC[C@H](OC(=O)/C(C)=C\C)[C@H]1[C@]32C. The quantitative estimate of drug-likeness (QED) is 0.526. The fraction of sp³-hybridized carbons (Fsp3) is 0.652. The Morgan fingerprint density at radius 3 is 2.76 bits per heavy atom. The minimum atomic E-state index is -1.05. The van der Waals surface area contributed by atoms with Crippen molar-refractivity contribution in [2.75, 3.05) is 6.61 Å². The molecule has 6 heteroatoms. The first kappa shape index (κ1) is 20.2. The summed E-state index contributed by atoms with van der Waals surface area (Å²) in [5.74, 6) is -1.01. The predicted molar refractivity (Wildman–Crippen MR) is 105 cm³/mol. The van der Waals surface area contributed by atoms with E-state index in [1.54, 1.807) is 19.9 Å². The molecule has 158 valence electrons. The van der Waals surface area contributed by atoms with E-state index in [0.717, 1.165) is 18.4 Å². The van der Waals surface area contributed by atoms with Crippen molar-refractivity contribution >= 4 is 11.9 Å². The molecule has 6 nitrogen and oxygen atoms in total. The zero-order valence-electron chi connectivity index (χ0n) is 17.9. The van der Waals surface area contributed by atoms with Crippen LogP contribution >= 0.6 is 0 Å². The van der Waals surface area contributed by atoms with Crippen LogP contribution in [0.5, 0.6) is 0 Å². The van der Waals surface area contributed by atoms with Crippen molar-refractivity contribution in [2.45, 2.75) is 71.9 Å². The molecule has 0 aromatic heterocycles. The summed E-state index contributed by atoms with van der Waals surface area (Å²) in [6.07, 6.45) is 3.23. The molecular formula is C23H30O6. The number of hydrogen-bond acceptors (Lipinski definition) is 6. The first-order chi connectivity index (χ1) is 13.7. The Bertz CT molecular complexity index is 838. The van der Waals surface area contributed by atoms with Crippen LogP contribution in [0.4, 0.5) is 0 Å². The van der Waals surface area contributed by atoms with Gasteiger partial charge in [0.2, 0.25) is 5.79 Å². The van der Waals surface area contributed by atoms with Crippen LogP contribution in [0.1, 0.15) is 53.9 Å². The maximum absolute atomic E-state index is 12.5. The minimum Gasteiger partial charge on any atom is -0.490 e. The Labute approximate surface area is 171 Å². The summed E-state index contributed by atoms with van der Waals surface area (Å²) in [6.45, 7) is 14.0. The van der Waals surface area contributed by atoms with Gasteiger partial charge in [0.1, 0.15) is 12.2 Å². The van der Waals surface area contributed by atoms with E-state index in [1.807, 2.05) is 13.8 Å². The molecule has 29 heavy (non-hydrogen) atoms. The highest BCUT2D eigenvalue weighted by atomic mass is 16.7. The molecule has 2 heterocycles. The molecule has 6 atom stereocenters. The van der Waals surface area contributed by atoms with E-state index >= 15 is 0 Å². The monoisotopic (exact) mass is 402 g/mol. The molecule has 4 rings (SSSR count). The van der Waals surface area contributed by atoms with E-state index in [9.17, 15) is 9.59 Å². The van der Waals surface area contributed by atoms with Crippen molar-refractivity contribution < 1.29 is 28.5 Å². The van der Waals surface area contributed by atoms with Gasteiger partial charge in [-0.25, -0.2) is 9.59 Å². The van der Waals surface area contributed by atoms with Gasteiger partial charge in [-0.1, -0.05) is 19.6 Å². The normalized spacial score (nSPS) is 40.9. The second-order valence-electron chi connectivity index (χ2n) is 8.82. The molecule has 0 radical (unpaired) electrons. The van der Waals surface area contributed by atoms with Gasteiger partial charge in [0.25, 0.3) is 0 Å². The lowest BCUT2D eigenvalue weighted by Crippen LogP contribution is -2.59. The van der Waals surface area contributed by atoms with Gasteiger partial charge in [-0.05, 0) is 46.5 Å². The summed E-state index contributed by atoms with van der Waals surface area (Å²) in [6, 6.07) is 0. The molecule has 3 fully saturated rings. The van der Waals surface area contributed by atoms with E-state index in [0.29, 0.717) is 29.9 Å². The number of rotatable bonds is 4. The van der Waals surface area contributed by atoms with E-state index < -0.39 is 5.79 Å². The fourth-order valence-electron chi connectivity index (χ4n) is 5.90. The van der Waals surface area contributed by atoms with Gasteiger partial charge in [-0.15, -0.1) is 0 Å². The smallest absolute Gasteiger partial charge is 0.336 e. The van der Waals surface area contributed by atoms with Crippen molar-refractivity contribution in [3.05, 3.63) is 35.1 Å². The molecule has 2 aliphatic heterocycles. The van der Waals surface area contributed by atoms with Gasteiger partial charge in [0, 0.05) is 29.6 Å². The third kappa shape index (κ3) is 2.64. The topological polar surface area (TPSA) is 71.1 Å². The van der Waals surface area contributed by atoms with Crippen LogP contribution < -0.4 is 0 Å². The molecule has 2 aliphatic carbocycles. The second-order valence-corrected chi connectivity index (χ2v) is 8.82. The number of carbonyl (C=O) groups is 2. The van der Waals surface area contributed by atoms with Crippen LogP contribution in [0.25, 0.3) is 0 Å². The third-order valence-electron chi connectivity index (χ3n) is 7.45. The lowest BCUT2D eigenvalue weighted by molar-refractivity contribution is -0.236. The highest BCUT2D eigenvalue weighted by molar-refractivity contribution is 5.92. The Balaban J connectivity index is 1.74. The molecule has 0 aromatic carbocycles. The average molecular weight is 402 g/mol. The molecule has 0 amide bonds. The molecule has 0 unspecified atom stereocenters. The summed E-state index contributed by atoms with van der Waals surface area (Å²) in [5, 5.41) is 0. The van der Waals surface area contributed by atoms with Crippen LogP contribution in [0.15, 0.2) is 35.1 Å². The predicted octanol–water partition coefficient (Wildman–Crippen LogP) is 3.82. The maximum atomic E-state index is 12.5. The van der Waals surface area contributed by atoms with Gasteiger partial charge < -0.3 is 18.9 Å². The number of hydrogen-bond donors (Lipinski definition) is 0. The Morgan fingerprint density at radius 1 is 1.38 bits per heavy atom. The molecule has 0 bridgehead atoms. The highest BCUT2D eigenvalue weighted by Crippen LogP contribution is 2.66. The first-order valence-electron chi connectivity index (χ1n) is 10.5. The van der Waals surface area contributed by atoms with Crippen LogP contribution in [0, 0.1) is 17.3 Å². The number of esters is 2. The molecule has 0 spiro atoms. The average Bonchev–Trinajstić information content (AvgIpc) is 3.07. The standard InChI is InChI=1S/C23H30O6/c1-7-12(3)20(24)28-16-10-9-15-11-23(26-8-2)17(13(4)21(25)29-23)19-22(15,6)18(16)14(5)27-19/h7,15-16,18-19H,5,8-11H2,1-4,6H3/b12-7-/t15-,16+,18+,19+,22+,23+/m1/s1. The largest absolute Gasteiger partial charge is 0.490 e. The van der Waals surface area contributed by atoms with Crippen molar-refractivity contribution in [3.63, 3.8) is 0 Å². The summed E-state index contributed by atoms with van der Waals surface area (Å²) >= 11 is 0.